The minimum Gasteiger partial charge on any atom is -0.326 e. The van der Waals surface area contributed by atoms with Crippen LogP contribution < -0.4 is 5.32 Å². The lowest BCUT2D eigenvalue weighted by molar-refractivity contribution is -0.137. The fourth-order valence-electron chi connectivity index (χ4n) is 3.33. The molecule has 0 aliphatic carbocycles. The molecule has 3 rings (SSSR count). The van der Waals surface area contributed by atoms with E-state index in [-0.39, 0.29) is 12.3 Å². The lowest BCUT2D eigenvalue weighted by atomic mass is 9.98. The minimum atomic E-state index is -4.39. The van der Waals surface area contributed by atoms with Gasteiger partial charge in [0.1, 0.15) is 0 Å². The van der Waals surface area contributed by atoms with E-state index in [1.54, 1.807) is 0 Å². The van der Waals surface area contributed by atoms with Crippen LogP contribution in [0.1, 0.15) is 34.2 Å². The molecule has 1 N–H and O–H groups in total. The van der Waals surface area contributed by atoms with Crippen LogP contribution in [-0.2, 0) is 30.2 Å². The monoisotopic (exact) mass is 411 g/mol. The van der Waals surface area contributed by atoms with Crippen molar-refractivity contribution in [1.29, 1.82) is 0 Å². The highest BCUT2D eigenvalue weighted by Crippen LogP contribution is 2.29. The zero-order valence-corrected chi connectivity index (χ0v) is 16.8. The van der Waals surface area contributed by atoms with Gasteiger partial charge in [-0.15, -0.1) is 0 Å². The minimum absolute atomic E-state index is 0.180. The zero-order valence-electron chi connectivity index (χ0n) is 16.8. The molecule has 0 unspecified atom stereocenters. The molecule has 2 nitrogen and oxygen atoms in total. The highest BCUT2D eigenvalue weighted by atomic mass is 19.4. The van der Waals surface area contributed by atoms with Gasteiger partial charge in [0.05, 0.1) is 12.0 Å². The van der Waals surface area contributed by atoms with Crippen LogP contribution in [0, 0.1) is 6.92 Å². The number of alkyl halides is 3. The van der Waals surface area contributed by atoms with Crippen molar-refractivity contribution in [1.82, 2.24) is 0 Å². The summed E-state index contributed by atoms with van der Waals surface area (Å²) in [5, 5.41) is 2.67. The molecule has 0 saturated carbocycles. The van der Waals surface area contributed by atoms with E-state index in [1.165, 1.54) is 23.3 Å². The van der Waals surface area contributed by atoms with Crippen LogP contribution in [0.5, 0.6) is 0 Å². The molecule has 0 bridgehead atoms. The average Bonchev–Trinajstić information content (AvgIpc) is 2.71. The third-order valence-corrected chi connectivity index (χ3v) is 5.03. The molecule has 0 saturated heterocycles. The van der Waals surface area contributed by atoms with Crippen LogP contribution in [0.2, 0.25) is 0 Å². The summed E-state index contributed by atoms with van der Waals surface area (Å²) in [5.41, 5.74) is 4.04. The van der Waals surface area contributed by atoms with Crippen molar-refractivity contribution in [3.8, 4) is 0 Å². The summed E-state index contributed by atoms with van der Waals surface area (Å²) in [5.74, 6) is -0.251. The predicted octanol–water partition coefficient (Wildman–Crippen LogP) is 6.37. The Balaban J connectivity index is 1.57. The number of aryl methyl sites for hydroxylation is 3. The van der Waals surface area contributed by atoms with Crippen molar-refractivity contribution in [2.24, 2.45) is 0 Å². The van der Waals surface area contributed by atoms with Gasteiger partial charge < -0.3 is 5.32 Å². The first-order valence-corrected chi connectivity index (χ1v) is 9.91. The van der Waals surface area contributed by atoms with Crippen molar-refractivity contribution in [3.63, 3.8) is 0 Å². The number of hydrogen-bond acceptors (Lipinski definition) is 1. The largest absolute Gasteiger partial charge is 0.416 e. The second-order valence-corrected chi connectivity index (χ2v) is 7.40. The third kappa shape index (κ3) is 6.21. The Bertz CT molecular complexity index is 980. The molecular formula is C25H24F3NO. The van der Waals surface area contributed by atoms with Gasteiger partial charge in [0.2, 0.25) is 5.91 Å². The zero-order chi connectivity index (χ0) is 21.6. The molecule has 0 aliphatic heterocycles. The lowest BCUT2D eigenvalue weighted by Crippen LogP contribution is -2.15. The smallest absolute Gasteiger partial charge is 0.326 e. The molecule has 1 amide bonds. The van der Waals surface area contributed by atoms with Crippen LogP contribution in [0.25, 0.3) is 0 Å². The van der Waals surface area contributed by atoms with Gasteiger partial charge in [0.25, 0.3) is 0 Å². The van der Waals surface area contributed by atoms with Crippen LogP contribution in [0.3, 0.4) is 0 Å². The lowest BCUT2D eigenvalue weighted by Gasteiger charge is -2.11. The number of rotatable bonds is 7. The van der Waals surface area contributed by atoms with E-state index in [9.17, 15) is 18.0 Å². The highest BCUT2D eigenvalue weighted by molar-refractivity contribution is 5.92. The van der Waals surface area contributed by atoms with Crippen LogP contribution in [0.4, 0.5) is 18.9 Å². The molecule has 156 valence electrons. The molecule has 0 atom stereocenters. The predicted molar refractivity (Wildman–Crippen MR) is 113 cm³/mol. The number of carbonyl (C=O) groups excluding carboxylic acids is 1. The van der Waals surface area contributed by atoms with E-state index in [0.717, 1.165) is 42.5 Å². The van der Waals surface area contributed by atoms with Crippen molar-refractivity contribution in [2.45, 2.75) is 38.8 Å². The summed E-state index contributed by atoms with van der Waals surface area (Å²) in [7, 11) is 0. The van der Waals surface area contributed by atoms with Gasteiger partial charge in [0, 0.05) is 5.69 Å². The maximum Gasteiger partial charge on any atom is 0.416 e. The summed E-state index contributed by atoms with van der Waals surface area (Å²) in [4.78, 5) is 12.4. The standard InChI is InChI=1S/C25H24F3NO/c1-18-10-11-20(9-5-8-19-6-3-2-4-7-19)16-21(18)17-24(30)29-23-14-12-22(13-15-23)25(26,27)28/h2-4,6-7,10-16H,5,8-9,17H2,1H3,(H,29,30). The van der Waals surface area contributed by atoms with E-state index in [2.05, 4.69) is 23.5 Å². The summed E-state index contributed by atoms with van der Waals surface area (Å²) in [6.07, 6.45) is -1.27. The number of anilines is 1. The Morgan fingerprint density at radius 2 is 1.53 bits per heavy atom. The first kappa shape index (κ1) is 21.6. The Kier molecular flexibility index (Phi) is 6.93. The highest BCUT2D eigenvalue weighted by Gasteiger charge is 2.29. The normalized spacial score (nSPS) is 11.3. The van der Waals surface area contributed by atoms with Gasteiger partial charge in [0.15, 0.2) is 0 Å². The van der Waals surface area contributed by atoms with E-state index < -0.39 is 11.7 Å². The van der Waals surface area contributed by atoms with E-state index >= 15 is 0 Å². The van der Waals surface area contributed by atoms with Gasteiger partial charge in [-0.05, 0) is 72.7 Å². The topological polar surface area (TPSA) is 29.1 Å². The number of halogens is 3. The molecule has 0 heterocycles. The number of amides is 1. The number of carbonyl (C=O) groups is 1. The molecule has 0 aromatic heterocycles. The van der Waals surface area contributed by atoms with E-state index in [4.69, 9.17) is 0 Å². The van der Waals surface area contributed by atoms with Gasteiger partial charge in [-0.3, -0.25) is 4.79 Å². The van der Waals surface area contributed by atoms with Gasteiger partial charge in [-0.1, -0.05) is 48.5 Å². The number of benzene rings is 3. The SMILES string of the molecule is Cc1ccc(CCCc2ccccc2)cc1CC(=O)Nc1ccc(C(F)(F)F)cc1. The Morgan fingerprint density at radius 1 is 0.867 bits per heavy atom. The quantitative estimate of drug-likeness (QED) is 0.481. The fourth-order valence-corrected chi connectivity index (χ4v) is 3.33. The molecule has 0 radical (unpaired) electrons. The summed E-state index contributed by atoms with van der Waals surface area (Å²) >= 11 is 0. The molecular weight excluding hydrogens is 387 g/mol. The summed E-state index contributed by atoms with van der Waals surface area (Å²) in [6.45, 7) is 1.95. The Labute approximate surface area is 174 Å². The van der Waals surface area contributed by atoms with Crippen molar-refractivity contribution >= 4 is 11.6 Å². The van der Waals surface area contributed by atoms with Crippen LogP contribution >= 0.6 is 0 Å². The van der Waals surface area contributed by atoms with Crippen molar-refractivity contribution < 1.29 is 18.0 Å². The molecule has 0 aliphatic rings. The van der Waals surface area contributed by atoms with Gasteiger partial charge in [-0.25, -0.2) is 0 Å². The van der Waals surface area contributed by atoms with E-state index in [1.807, 2.05) is 37.3 Å². The number of hydrogen-bond donors (Lipinski definition) is 1. The molecule has 30 heavy (non-hydrogen) atoms. The first-order chi connectivity index (χ1) is 14.3. The first-order valence-electron chi connectivity index (χ1n) is 9.91. The summed E-state index contributed by atoms with van der Waals surface area (Å²) < 4.78 is 37.9. The van der Waals surface area contributed by atoms with Gasteiger partial charge in [-0.2, -0.15) is 13.2 Å². The molecule has 0 fully saturated rings. The van der Waals surface area contributed by atoms with Gasteiger partial charge >= 0.3 is 6.18 Å². The van der Waals surface area contributed by atoms with Crippen LogP contribution in [-0.4, -0.2) is 5.91 Å². The average molecular weight is 411 g/mol. The second-order valence-electron chi connectivity index (χ2n) is 7.40. The maximum atomic E-state index is 12.6. The van der Waals surface area contributed by atoms with E-state index in [0.29, 0.717) is 5.69 Å². The van der Waals surface area contributed by atoms with Crippen molar-refractivity contribution in [3.05, 3.63) is 101 Å². The molecule has 3 aromatic rings. The molecule has 3 aromatic carbocycles. The fraction of sp³-hybridized carbons (Fsp3) is 0.240. The van der Waals surface area contributed by atoms with Crippen LogP contribution in [0.15, 0.2) is 72.8 Å². The number of nitrogens with one attached hydrogen (secondary N) is 1. The Morgan fingerprint density at radius 3 is 2.20 bits per heavy atom. The Hall–Kier alpha value is -3.08. The molecule has 5 heteroatoms. The van der Waals surface area contributed by atoms with Crippen molar-refractivity contribution in [2.75, 3.05) is 5.32 Å². The maximum absolute atomic E-state index is 12.6. The summed E-state index contributed by atoms with van der Waals surface area (Å²) in [6, 6.07) is 20.9. The third-order valence-electron chi connectivity index (χ3n) is 5.03. The second kappa shape index (κ2) is 9.61. The molecule has 0 spiro atoms.